The number of hydrogen-bond donors (Lipinski definition) is 0. The van der Waals surface area contributed by atoms with E-state index in [0.717, 1.165) is 26.0 Å². The SMILES string of the molecule is O=C([O-])c1ccc2c(c1)cc(Br)c1ccncc12. The second-order valence-corrected chi connectivity index (χ2v) is 4.86. The normalized spacial score (nSPS) is 10.9. The molecule has 0 unspecified atom stereocenters. The maximum absolute atomic E-state index is 10.9. The van der Waals surface area contributed by atoms with Gasteiger partial charge in [0.2, 0.25) is 0 Å². The third-order valence-corrected chi connectivity index (χ3v) is 3.59. The van der Waals surface area contributed by atoms with Gasteiger partial charge in [0.15, 0.2) is 0 Å². The average Bonchev–Trinajstić information content (AvgIpc) is 2.38. The van der Waals surface area contributed by atoms with Crippen LogP contribution in [-0.2, 0) is 0 Å². The lowest BCUT2D eigenvalue weighted by Gasteiger charge is -2.08. The molecule has 88 valence electrons. The van der Waals surface area contributed by atoms with Gasteiger partial charge in [0.1, 0.15) is 0 Å². The average molecular weight is 301 g/mol. The molecule has 2 aromatic carbocycles. The zero-order valence-electron chi connectivity index (χ0n) is 9.18. The smallest absolute Gasteiger partial charge is 0.0715 e. The van der Waals surface area contributed by atoms with Gasteiger partial charge < -0.3 is 9.90 Å². The molecule has 3 nitrogen and oxygen atoms in total. The summed E-state index contributed by atoms with van der Waals surface area (Å²) < 4.78 is 0.919. The fraction of sp³-hybridized carbons (Fsp3) is 0. The van der Waals surface area contributed by atoms with Crippen molar-refractivity contribution in [3.63, 3.8) is 0 Å². The molecule has 0 aliphatic carbocycles. The number of rotatable bonds is 1. The van der Waals surface area contributed by atoms with E-state index < -0.39 is 5.97 Å². The van der Waals surface area contributed by atoms with Crippen LogP contribution in [0.2, 0.25) is 0 Å². The molecular formula is C14H7BrNO2-. The van der Waals surface area contributed by atoms with Gasteiger partial charge in [-0.15, -0.1) is 0 Å². The highest BCUT2D eigenvalue weighted by Gasteiger charge is 2.05. The number of pyridine rings is 1. The summed E-state index contributed by atoms with van der Waals surface area (Å²) >= 11 is 3.49. The first-order chi connectivity index (χ1) is 8.66. The summed E-state index contributed by atoms with van der Waals surface area (Å²) in [6.45, 7) is 0. The zero-order chi connectivity index (χ0) is 12.7. The van der Waals surface area contributed by atoms with Crippen molar-refractivity contribution in [3.05, 3.63) is 52.8 Å². The number of carbonyl (C=O) groups is 1. The van der Waals surface area contributed by atoms with Crippen LogP contribution in [0.5, 0.6) is 0 Å². The molecule has 0 amide bonds. The van der Waals surface area contributed by atoms with Gasteiger partial charge in [0.05, 0.1) is 5.97 Å². The van der Waals surface area contributed by atoms with Gasteiger partial charge in [-0.25, -0.2) is 0 Å². The Bertz CT molecular complexity index is 783. The molecule has 1 aromatic heterocycles. The lowest BCUT2D eigenvalue weighted by molar-refractivity contribution is -0.255. The van der Waals surface area contributed by atoms with Crippen LogP contribution in [0.15, 0.2) is 47.2 Å². The Labute approximate surface area is 111 Å². The summed E-state index contributed by atoms with van der Waals surface area (Å²) in [5, 5.41) is 14.7. The highest BCUT2D eigenvalue weighted by molar-refractivity contribution is 9.10. The number of carboxylic acids is 1. The summed E-state index contributed by atoms with van der Waals surface area (Å²) in [6, 6.07) is 8.78. The Morgan fingerprint density at radius 1 is 1.11 bits per heavy atom. The molecule has 0 aliphatic heterocycles. The first-order valence-electron chi connectivity index (χ1n) is 5.34. The summed E-state index contributed by atoms with van der Waals surface area (Å²) in [4.78, 5) is 15.0. The number of aromatic carboxylic acids is 1. The van der Waals surface area contributed by atoms with E-state index in [0.29, 0.717) is 0 Å². The fourth-order valence-corrected chi connectivity index (χ4v) is 2.68. The van der Waals surface area contributed by atoms with Crippen molar-refractivity contribution in [2.75, 3.05) is 0 Å². The molecule has 0 spiro atoms. The molecule has 0 saturated heterocycles. The molecule has 0 bridgehead atoms. The van der Waals surface area contributed by atoms with Crippen molar-refractivity contribution in [2.24, 2.45) is 0 Å². The van der Waals surface area contributed by atoms with E-state index in [1.807, 2.05) is 12.1 Å². The van der Waals surface area contributed by atoms with Crippen molar-refractivity contribution in [2.45, 2.75) is 0 Å². The minimum absolute atomic E-state index is 0.178. The topological polar surface area (TPSA) is 53.0 Å². The Morgan fingerprint density at radius 2 is 1.94 bits per heavy atom. The zero-order valence-corrected chi connectivity index (χ0v) is 10.8. The third kappa shape index (κ3) is 1.66. The lowest BCUT2D eigenvalue weighted by atomic mass is 10.0. The van der Waals surface area contributed by atoms with Crippen LogP contribution in [0, 0.1) is 0 Å². The van der Waals surface area contributed by atoms with Crippen molar-refractivity contribution in [3.8, 4) is 0 Å². The van der Waals surface area contributed by atoms with Gasteiger partial charge in [-0.2, -0.15) is 0 Å². The van der Waals surface area contributed by atoms with Crippen LogP contribution >= 0.6 is 15.9 Å². The molecule has 18 heavy (non-hydrogen) atoms. The summed E-state index contributed by atoms with van der Waals surface area (Å²) in [5.41, 5.74) is 0.178. The third-order valence-electron chi connectivity index (χ3n) is 2.94. The number of nitrogens with zero attached hydrogens (tertiary/aromatic N) is 1. The van der Waals surface area contributed by atoms with Gasteiger partial charge in [0, 0.05) is 22.3 Å². The minimum atomic E-state index is -1.17. The maximum atomic E-state index is 10.9. The Kier molecular flexibility index (Phi) is 2.52. The molecule has 0 N–H and O–H groups in total. The first kappa shape index (κ1) is 11.2. The second kappa shape index (κ2) is 4.07. The van der Waals surface area contributed by atoms with Crippen LogP contribution < -0.4 is 5.11 Å². The monoisotopic (exact) mass is 300 g/mol. The number of aromatic nitrogens is 1. The van der Waals surface area contributed by atoms with E-state index in [4.69, 9.17) is 0 Å². The molecule has 0 fully saturated rings. The molecule has 0 radical (unpaired) electrons. The number of hydrogen-bond acceptors (Lipinski definition) is 3. The number of carbonyl (C=O) groups excluding carboxylic acids is 1. The van der Waals surface area contributed by atoms with E-state index in [9.17, 15) is 9.90 Å². The van der Waals surface area contributed by atoms with Crippen molar-refractivity contribution in [1.29, 1.82) is 0 Å². The second-order valence-electron chi connectivity index (χ2n) is 4.00. The summed E-state index contributed by atoms with van der Waals surface area (Å²) in [5.74, 6) is -1.17. The number of fused-ring (bicyclic) bond motifs is 3. The molecule has 3 rings (SSSR count). The predicted octanol–water partition coefficient (Wildman–Crippen LogP) is 2.51. The van der Waals surface area contributed by atoms with E-state index in [1.54, 1.807) is 30.6 Å². The molecule has 0 saturated carbocycles. The number of carboxylic acid groups (broad SMARTS) is 1. The summed E-state index contributed by atoms with van der Waals surface area (Å²) in [6.07, 6.45) is 3.51. The quantitative estimate of drug-likeness (QED) is 0.649. The minimum Gasteiger partial charge on any atom is -0.545 e. The molecule has 3 aromatic rings. The Balaban J connectivity index is 2.46. The Hall–Kier alpha value is -1.94. The molecule has 0 aliphatic rings. The van der Waals surface area contributed by atoms with E-state index in [-0.39, 0.29) is 5.56 Å². The van der Waals surface area contributed by atoms with Gasteiger partial charge >= 0.3 is 0 Å². The Morgan fingerprint density at radius 3 is 2.72 bits per heavy atom. The fourth-order valence-electron chi connectivity index (χ4n) is 2.09. The standard InChI is InChI=1S/C14H8BrNO2/c15-13-6-9-5-8(14(17)18)1-2-10(9)12-7-16-4-3-11(12)13/h1-7H,(H,17,18)/p-1. The first-order valence-corrected chi connectivity index (χ1v) is 6.13. The number of halogens is 1. The van der Waals surface area contributed by atoms with Crippen LogP contribution in [0.3, 0.4) is 0 Å². The van der Waals surface area contributed by atoms with Gasteiger partial charge in [-0.05, 0) is 39.9 Å². The van der Waals surface area contributed by atoms with Crippen LogP contribution in [-0.4, -0.2) is 11.0 Å². The maximum Gasteiger partial charge on any atom is 0.0715 e. The van der Waals surface area contributed by atoms with Crippen LogP contribution in [0.4, 0.5) is 0 Å². The van der Waals surface area contributed by atoms with Gasteiger partial charge in [-0.3, -0.25) is 4.98 Å². The highest BCUT2D eigenvalue weighted by atomic mass is 79.9. The molecule has 1 heterocycles. The highest BCUT2D eigenvalue weighted by Crippen LogP contribution is 2.31. The van der Waals surface area contributed by atoms with Gasteiger partial charge in [0.25, 0.3) is 0 Å². The van der Waals surface area contributed by atoms with Crippen LogP contribution in [0.25, 0.3) is 21.5 Å². The molecular weight excluding hydrogens is 294 g/mol. The number of benzene rings is 2. The van der Waals surface area contributed by atoms with E-state index >= 15 is 0 Å². The summed E-state index contributed by atoms with van der Waals surface area (Å²) in [7, 11) is 0. The van der Waals surface area contributed by atoms with Crippen molar-refractivity contribution >= 4 is 43.4 Å². The van der Waals surface area contributed by atoms with Crippen molar-refractivity contribution in [1.82, 2.24) is 4.98 Å². The predicted molar refractivity (Wildman–Crippen MR) is 71.3 cm³/mol. The van der Waals surface area contributed by atoms with E-state index in [2.05, 4.69) is 20.9 Å². The lowest BCUT2D eigenvalue weighted by Crippen LogP contribution is -2.21. The van der Waals surface area contributed by atoms with Crippen LogP contribution in [0.1, 0.15) is 10.4 Å². The molecule has 4 heteroatoms. The van der Waals surface area contributed by atoms with Crippen molar-refractivity contribution < 1.29 is 9.90 Å². The molecule has 0 atom stereocenters. The van der Waals surface area contributed by atoms with E-state index in [1.165, 1.54) is 0 Å². The largest absolute Gasteiger partial charge is 0.545 e. The van der Waals surface area contributed by atoms with Gasteiger partial charge in [-0.1, -0.05) is 28.1 Å².